The zero-order chi connectivity index (χ0) is 8.97. The lowest BCUT2D eigenvalue weighted by Crippen LogP contribution is -1.97. The first-order valence-electron chi connectivity index (χ1n) is 3.37. The van der Waals surface area contributed by atoms with Gasteiger partial charge in [-0.2, -0.15) is 0 Å². The largest absolute Gasteiger partial charge is 0.478 e. The summed E-state index contributed by atoms with van der Waals surface area (Å²) in [6.07, 6.45) is 0. The molecular weight excluding hydrogens is 178 g/mol. The van der Waals surface area contributed by atoms with Gasteiger partial charge in [0.05, 0.1) is 11.6 Å². The van der Waals surface area contributed by atoms with Crippen molar-refractivity contribution in [3.8, 4) is 0 Å². The summed E-state index contributed by atoms with van der Waals surface area (Å²) in [5.41, 5.74) is 1.09. The van der Waals surface area contributed by atoms with Gasteiger partial charge >= 0.3 is 5.97 Å². The van der Waals surface area contributed by atoms with E-state index < -0.39 is 5.97 Å². The summed E-state index contributed by atoms with van der Waals surface area (Å²) in [5.74, 6) is -0.924. The van der Waals surface area contributed by atoms with E-state index in [1.54, 1.807) is 12.1 Å². The molecule has 1 aromatic carbocycles. The maximum atomic E-state index is 10.4. The minimum Gasteiger partial charge on any atom is -0.478 e. The quantitative estimate of drug-likeness (QED) is 0.559. The van der Waals surface area contributed by atoms with Gasteiger partial charge in [0, 0.05) is 5.69 Å². The number of nitrogens with one attached hydrogen (secondary N) is 1. The maximum Gasteiger partial charge on any atom is 0.335 e. The van der Waals surface area contributed by atoms with E-state index in [2.05, 4.69) is 5.32 Å². The minimum absolute atomic E-state index is 0.273. The first-order chi connectivity index (χ1) is 5.74. The third-order valence-electron chi connectivity index (χ3n) is 1.40. The lowest BCUT2D eigenvalue weighted by Gasteiger charge is -2.00. The molecule has 0 saturated heterocycles. The van der Waals surface area contributed by atoms with Crippen LogP contribution in [0.1, 0.15) is 10.4 Å². The number of anilines is 1. The summed E-state index contributed by atoms with van der Waals surface area (Å²) in [5, 5.41) is 11.4. The van der Waals surface area contributed by atoms with Crippen LogP contribution in [0, 0.1) is 0 Å². The van der Waals surface area contributed by atoms with Crippen LogP contribution in [-0.2, 0) is 0 Å². The highest BCUT2D eigenvalue weighted by molar-refractivity contribution is 6.18. The number of alkyl halides is 1. The minimum atomic E-state index is -0.924. The van der Waals surface area contributed by atoms with Crippen LogP contribution >= 0.6 is 11.6 Å². The van der Waals surface area contributed by atoms with E-state index >= 15 is 0 Å². The fourth-order valence-corrected chi connectivity index (χ4v) is 0.962. The SMILES string of the molecule is O=C(O)c1ccc(NCCl)cc1. The summed E-state index contributed by atoms with van der Waals surface area (Å²) >= 11 is 5.41. The Balaban J connectivity index is 2.78. The van der Waals surface area contributed by atoms with Crippen LogP contribution in [0.4, 0.5) is 5.69 Å². The fourth-order valence-electron chi connectivity index (χ4n) is 0.808. The number of rotatable bonds is 3. The van der Waals surface area contributed by atoms with Crippen LogP contribution in [0.25, 0.3) is 0 Å². The van der Waals surface area contributed by atoms with Gasteiger partial charge in [0.25, 0.3) is 0 Å². The number of hydrogen-bond acceptors (Lipinski definition) is 2. The Labute approximate surface area is 75.0 Å². The zero-order valence-corrected chi connectivity index (χ0v) is 7.01. The van der Waals surface area contributed by atoms with E-state index in [1.807, 2.05) is 0 Å². The molecule has 1 aromatic rings. The van der Waals surface area contributed by atoms with E-state index in [1.165, 1.54) is 12.1 Å². The zero-order valence-electron chi connectivity index (χ0n) is 6.25. The molecular formula is C8H8ClNO2. The van der Waals surface area contributed by atoms with Crippen molar-refractivity contribution in [1.29, 1.82) is 0 Å². The van der Waals surface area contributed by atoms with Gasteiger partial charge in [-0.3, -0.25) is 0 Å². The predicted octanol–water partition coefficient (Wildman–Crippen LogP) is 1.99. The molecule has 2 N–H and O–H groups in total. The van der Waals surface area contributed by atoms with Gasteiger partial charge in [-0.25, -0.2) is 4.79 Å². The van der Waals surface area contributed by atoms with Crippen LogP contribution in [0.3, 0.4) is 0 Å². The van der Waals surface area contributed by atoms with Crippen LogP contribution in [0.15, 0.2) is 24.3 Å². The average Bonchev–Trinajstić information content (AvgIpc) is 2.06. The molecule has 0 bridgehead atoms. The molecule has 0 heterocycles. The monoisotopic (exact) mass is 185 g/mol. The molecule has 0 radical (unpaired) electrons. The second-order valence-corrected chi connectivity index (χ2v) is 2.46. The van der Waals surface area contributed by atoms with Crippen LogP contribution < -0.4 is 5.32 Å². The fraction of sp³-hybridized carbons (Fsp3) is 0.125. The van der Waals surface area contributed by atoms with E-state index in [0.29, 0.717) is 6.00 Å². The Morgan fingerprint density at radius 2 is 2.00 bits per heavy atom. The van der Waals surface area contributed by atoms with Gasteiger partial charge in [0.15, 0.2) is 0 Å². The summed E-state index contributed by atoms with van der Waals surface area (Å²) in [6.45, 7) is 0. The lowest BCUT2D eigenvalue weighted by molar-refractivity contribution is 0.0697. The van der Waals surface area contributed by atoms with E-state index in [9.17, 15) is 4.79 Å². The number of halogens is 1. The predicted molar refractivity (Wildman–Crippen MR) is 47.7 cm³/mol. The molecule has 0 aliphatic rings. The van der Waals surface area contributed by atoms with Gasteiger partial charge in [0.1, 0.15) is 0 Å². The average molecular weight is 186 g/mol. The van der Waals surface area contributed by atoms with E-state index in [0.717, 1.165) is 5.69 Å². The molecule has 0 atom stereocenters. The highest BCUT2D eigenvalue weighted by atomic mass is 35.5. The topological polar surface area (TPSA) is 49.3 Å². The number of benzene rings is 1. The third kappa shape index (κ3) is 2.13. The van der Waals surface area contributed by atoms with Crippen molar-refractivity contribution < 1.29 is 9.90 Å². The molecule has 0 aromatic heterocycles. The summed E-state index contributed by atoms with van der Waals surface area (Å²) < 4.78 is 0. The Hall–Kier alpha value is -1.22. The molecule has 3 nitrogen and oxygen atoms in total. The van der Waals surface area contributed by atoms with E-state index in [4.69, 9.17) is 16.7 Å². The Morgan fingerprint density at radius 3 is 2.42 bits per heavy atom. The first-order valence-corrected chi connectivity index (χ1v) is 3.90. The van der Waals surface area contributed by atoms with Crippen molar-refractivity contribution in [3.63, 3.8) is 0 Å². The van der Waals surface area contributed by atoms with Crippen molar-refractivity contribution >= 4 is 23.3 Å². The summed E-state index contributed by atoms with van der Waals surface area (Å²) in [7, 11) is 0. The Bertz CT molecular complexity index is 271. The molecule has 0 saturated carbocycles. The van der Waals surface area contributed by atoms with Crippen LogP contribution in [-0.4, -0.2) is 17.1 Å². The van der Waals surface area contributed by atoms with Gasteiger partial charge in [0.2, 0.25) is 0 Å². The molecule has 0 aliphatic carbocycles. The molecule has 0 unspecified atom stereocenters. The van der Waals surface area contributed by atoms with E-state index in [-0.39, 0.29) is 5.56 Å². The molecule has 0 amide bonds. The number of carboxylic acids is 1. The molecule has 0 spiro atoms. The van der Waals surface area contributed by atoms with Crippen molar-refractivity contribution in [2.45, 2.75) is 0 Å². The van der Waals surface area contributed by atoms with Gasteiger partial charge < -0.3 is 10.4 Å². The Morgan fingerprint density at radius 1 is 1.42 bits per heavy atom. The highest BCUT2D eigenvalue weighted by Gasteiger charge is 2.00. The van der Waals surface area contributed by atoms with Gasteiger partial charge in [-0.15, -0.1) is 11.6 Å². The lowest BCUT2D eigenvalue weighted by atomic mass is 10.2. The first kappa shape index (κ1) is 8.87. The molecule has 1 rings (SSSR count). The molecule has 0 fully saturated rings. The van der Waals surface area contributed by atoms with Crippen molar-refractivity contribution in [3.05, 3.63) is 29.8 Å². The van der Waals surface area contributed by atoms with Gasteiger partial charge in [-0.1, -0.05) is 0 Å². The van der Waals surface area contributed by atoms with Crippen LogP contribution in [0.2, 0.25) is 0 Å². The summed E-state index contributed by atoms with van der Waals surface area (Å²) in [4.78, 5) is 10.4. The Kier molecular flexibility index (Phi) is 2.94. The molecule has 12 heavy (non-hydrogen) atoms. The molecule has 4 heteroatoms. The third-order valence-corrected chi connectivity index (χ3v) is 1.54. The van der Waals surface area contributed by atoms with Crippen molar-refractivity contribution in [2.75, 3.05) is 11.3 Å². The van der Waals surface area contributed by atoms with Crippen molar-refractivity contribution in [1.82, 2.24) is 0 Å². The van der Waals surface area contributed by atoms with Gasteiger partial charge in [-0.05, 0) is 24.3 Å². The van der Waals surface area contributed by atoms with Crippen LogP contribution in [0.5, 0.6) is 0 Å². The second-order valence-electron chi connectivity index (χ2n) is 2.19. The number of hydrogen-bond donors (Lipinski definition) is 2. The highest BCUT2D eigenvalue weighted by Crippen LogP contribution is 2.09. The van der Waals surface area contributed by atoms with Crippen molar-refractivity contribution in [2.24, 2.45) is 0 Å². The number of carbonyl (C=O) groups is 1. The number of aromatic carboxylic acids is 1. The molecule has 0 aliphatic heterocycles. The smallest absolute Gasteiger partial charge is 0.335 e. The second kappa shape index (κ2) is 3.97. The maximum absolute atomic E-state index is 10.4. The summed E-state index contributed by atoms with van der Waals surface area (Å²) in [6, 6.07) is 6.71. The standard InChI is InChI=1S/C8H8ClNO2/c9-5-10-7-3-1-6(2-4-7)8(11)12/h1-4,10H,5H2,(H,11,12). The molecule has 64 valence electrons. The normalized spacial score (nSPS) is 9.42. The number of carboxylic acid groups (broad SMARTS) is 1.